The number of hydrazone groups is 1. The van der Waals surface area contributed by atoms with Gasteiger partial charge in [0.25, 0.3) is 5.91 Å². The summed E-state index contributed by atoms with van der Waals surface area (Å²) in [7, 11) is 3.15. The van der Waals surface area contributed by atoms with E-state index in [2.05, 4.69) is 36.0 Å². The highest BCUT2D eigenvalue weighted by Gasteiger charge is 2.32. The first-order valence-electron chi connectivity index (χ1n) is 9.89. The third kappa shape index (κ3) is 5.26. The standard InChI is InChI=1S/C23H25N3O3S2/c1-5-25(6-2)18-10-7-16(8-11-18)15-24-26-22(27)21(31-23(26)30)14-17-9-12-19(28-3)20(13-17)29-4/h7-15H,5-6H2,1-4H3/b21-14+,24-15+. The molecule has 0 atom stereocenters. The molecule has 6 nitrogen and oxygen atoms in total. The minimum absolute atomic E-state index is 0.249. The van der Waals surface area contributed by atoms with Crippen LogP contribution < -0.4 is 14.4 Å². The van der Waals surface area contributed by atoms with Crippen molar-refractivity contribution in [2.75, 3.05) is 32.2 Å². The number of carbonyl (C=O) groups excluding carboxylic acids is 1. The summed E-state index contributed by atoms with van der Waals surface area (Å²) >= 11 is 6.59. The van der Waals surface area contributed by atoms with Gasteiger partial charge in [-0.1, -0.05) is 30.0 Å². The lowest BCUT2D eigenvalue weighted by Gasteiger charge is -2.20. The van der Waals surface area contributed by atoms with Gasteiger partial charge in [0.15, 0.2) is 15.8 Å². The number of methoxy groups -OCH3 is 2. The lowest BCUT2D eigenvalue weighted by atomic mass is 10.2. The first-order chi connectivity index (χ1) is 15.0. The molecule has 0 aliphatic carbocycles. The number of anilines is 1. The van der Waals surface area contributed by atoms with Crippen LogP contribution in [0.1, 0.15) is 25.0 Å². The quantitative estimate of drug-likeness (QED) is 0.324. The Kier molecular flexibility index (Phi) is 7.70. The van der Waals surface area contributed by atoms with E-state index in [-0.39, 0.29) is 5.91 Å². The van der Waals surface area contributed by atoms with E-state index in [9.17, 15) is 4.79 Å². The summed E-state index contributed by atoms with van der Waals surface area (Å²) in [5.74, 6) is 0.975. The molecule has 1 saturated heterocycles. The fourth-order valence-corrected chi connectivity index (χ4v) is 4.31. The van der Waals surface area contributed by atoms with Crippen LogP contribution in [0, 0.1) is 0 Å². The molecule has 162 valence electrons. The summed E-state index contributed by atoms with van der Waals surface area (Å²) in [5, 5.41) is 5.58. The smallest absolute Gasteiger partial charge is 0.286 e. The summed E-state index contributed by atoms with van der Waals surface area (Å²) in [4.78, 5) is 15.6. The Morgan fingerprint density at radius 3 is 2.29 bits per heavy atom. The third-order valence-corrected chi connectivity index (χ3v) is 6.11. The molecule has 0 N–H and O–H groups in total. The molecule has 8 heteroatoms. The summed E-state index contributed by atoms with van der Waals surface area (Å²) in [6.45, 7) is 6.16. The largest absolute Gasteiger partial charge is 0.493 e. The van der Waals surface area contributed by atoms with E-state index in [1.165, 1.54) is 16.8 Å². The topological polar surface area (TPSA) is 54.4 Å². The first-order valence-corrected chi connectivity index (χ1v) is 11.1. The molecule has 1 amide bonds. The Labute approximate surface area is 192 Å². The van der Waals surface area contributed by atoms with Crippen molar-refractivity contribution >= 4 is 52.2 Å². The molecule has 3 rings (SSSR count). The van der Waals surface area contributed by atoms with Crippen molar-refractivity contribution in [1.82, 2.24) is 5.01 Å². The Balaban J connectivity index is 1.75. The summed E-state index contributed by atoms with van der Waals surface area (Å²) in [6, 6.07) is 13.5. The molecule has 0 spiro atoms. The monoisotopic (exact) mass is 455 g/mol. The highest BCUT2D eigenvalue weighted by atomic mass is 32.2. The van der Waals surface area contributed by atoms with E-state index >= 15 is 0 Å². The number of thiocarbonyl (C=S) groups is 1. The number of hydrogen-bond acceptors (Lipinski definition) is 7. The first kappa shape index (κ1) is 22.8. The molecule has 1 heterocycles. The van der Waals surface area contributed by atoms with Crippen molar-refractivity contribution in [2.24, 2.45) is 5.10 Å². The van der Waals surface area contributed by atoms with E-state index in [1.54, 1.807) is 32.6 Å². The average Bonchev–Trinajstić information content (AvgIpc) is 3.06. The minimum Gasteiger partial charge on any atom is -0.493 e. The van der Waals surface area contributed by atoms with Crippen LogP contribution >= 0.6 is 24.0 Å². The van der Waals surface area contributed by atoms with Crippen LogP contribution in [0.25, 0.3) is 6.08 Å². The highest BCUT2D eigenvalue weighted by Crippen LogP contribution is 2.34. The second-order valence-corrected chi connectivity index (χ2v) is 8.29. The lowest BCUT2D eigenvalue weighted by molar-refractivity contribution is -0.122. The Morgan fingerprint density at radius 2 is 1.68 bits per heavy atom. The van der Waals surface area contributed by atoms with Crippen LogP contribution in [0.5, 0.6) is 11.5 Å². The zero-order valence-corrected chi connectivity index (χ0v) is 19.6. The number of carbonyl (C=O) groups is 1. The number of rotatable bonds is 8. The van der Waals surface area contributed by atoms with Gasteiger partial charge in [0.1, 0.15) is 0 Å². The average molecular weight is 456 g/mol. The number of hydrogen-bond donors (Lipinski definition) is 0. The summed E-state index contributed by atoms with van der Waals surface area (Å²) in [5.41, 5.74) is 2.87. The van der Waals surface area contributed by atoms with E-state index in [1.807, 2.05) is 24.3 Å². The number of benzene rings is 2. The van der Waals surface area contributed by atoms with Crippen molar-refractivity contribution in [3.8, 4) is 11.5 Å². The summed E-state index contributed by atoms with van der Waals surface area (Å²) in [6.07, 6.45) is 3.42. The molecule has 0 saturated carbocycles. The molecule has 2 aromatic rings. The zero-order chi connectivity index (χ0) is 22.4. The van der Waals surface area contributed by atoms with Gasteiger partial charge in [-0.15, -0.1) is 0 Å². The number of amides is 1. The zero-order valence-electron chi connectivity index (χ0n) is 18.0. The molecule has 0 bridgehead atoms. The van der Waals surface area contributed by atoms with Crippen LogP contribution in [0.15, 0.2) is 52.5 Å². The number of ether oxygens (including phenoxy) is 2. The molecule has 31 heavy (non-hydrogen) atoms. The van der Waals surface area contributed by atoms with Crippen molar-refractivity contribution in [3.63, 3.8) is 0 Å². The van der Waals surface area contributed by atoms with Gasteiger partial charge < -0.3 is 14.4 Å². The van der Waals surface area contributed by atoms with Gasteiger partial charge in [0, 0.05) is 18.8 Å². The maximum atomic E-state index is 12.8. The fraction of sp³-hybridized carbons (Fsp3) is 0.261. The summed E-state index contributed by atoms with van der Waals surface area (Å²) < 4.78 is 11.0. The van der Waals surface area contributed by atoms with Gasteiger partial charge in [-0.25, -0.2) is 0 Å². The van der Waals surface area contributed by atoms with Gasteiger partial charge in [-0.2, -0.15) is 10.1 Å². The Bertz CT molecular complexity index is 1020. The predicted octanol–water partition coefficient (Wildman–Crippen LogP) is 4.79. The van der Waals surface area contributed by atoms with Gasteiger partial charge in [0.2, 0.25) is 0 Å². The molecule has 0 radical (unpaired) electrons. The predicted molar refractivity (Wildman–Crippen MR) is 132 cm³/mol. The minimum atomic E-state index is -0.249. The molecular weight excluding hydrogens is 430 g/mol. The molecule has 1 aliphatic rings. The second kappa shape index (κ2) is 10.5. The van der Waals surface area contributed by atoms with Crippen LogP contribution in [0.2, 0.25) is 0 Å². The maximum absolute atomic E-state index is 12.8. The molecule has 2 aromatic carbocycles. The SMILES string of the molecule is CCN(CC)c1ccc(/C=N/N2C(=O)/C(=C\c3ccc(OC)c(OC)c3)SC2=S)cc1. The van der Waals surface area contributed by atoms with Crippen molar-refractivity contribution in [2.45, 2.75) is 13.8 Å². The van der Waals surface area contributed by atoms with Crippen LogP contribution in [0.4, 0.5) is 5.69 Å². The van der Waals surface area contributed by atoms with E-state index in [4.69, 9.17) is 21.7 Å². The highest BCUT2D eigenvalue weighted by molar-refractivity contribution is 8.26. The molecular formula is C23H25N3O3S2. The third-order valence-electron chi connectivity index (χ3n) is 4.82. The number of thioether (sulfide) groups is 1. The van der Waals surface area contributed by atoms with Gasteiger partial charge >= 0.3 is 0 Å². The normalized spacial score (nSPS) is 15.2. The van der Waals surface area contributed by atoms with Crippen molar-refractivity contribution in [3.05, 3.63) is 58.5 Å². The van der Waals surface area contributed by atoms with Gasteiger partial charge in [0.05, 0.1) is 25.3 Å². The second-order valence-electron chi connectivity index (χ2n) is 6.62. The number of nitrogens with zero attached hydrogens (tertiary/aromatic N) is 3. The Morgan fingerprint density at radius 1 is 1.03 bits per heavy atom. The van der Waals surface area contributed by atoms with Gasteiger partial charge in [-0.05, 0) is 67.5 Å². The van der Waals surface area contributed by atoms with Gasteiger partial charge in [-0.3, -0.25) is 4.79 Å². The Hall–Kier alpha value is -2.84. The maximum Gasteiger partial charge on any atom is 0.286 e. The van der Waals surface area contributed by atoms with E-state index in [0.717, 1.165) is 29.9 Å². The lowest BCUT2D eigenvalue weighted by Crippen LogP contribution is -2.22. The van der Waals surface area contributed by atoms with Crippen LogP contribution in [-0.4, -0.2) is 48.8 Å². The molecule has 1 fully saturated rings. The van der Waals surface area contributed by atoms with E-state index in [0.29, 0.717) is 20.7 Å². The van der Waals surface area contributed by atoms with Crippen LogP contribution in [0.3, 0.4) is 0 Å². The van der Waals surface area contributed by atoms with E-state index < -0.39 is 0 Å². The van der Waals surface area contributed by atoms with Crippen molar-refractivity contribution in [1.29, 1.82) is 0 Å². The van der Waals surface area contributed by atoms with Crippen molar-refractivity contribution < 1.29 is 14.3 Å². The molecule has 0 unspecified atom stereocenters. The molecule has 1 aliphatic heterocycles. The fourth-order valence-electron chi connectivity index (χ4n) is 3.14. The molecule has 0 aromatic heterocycles. The van der Waals surface area contributed by atoms with Crippen LogP contribution in [-0.2, 0) is 4.79 Å².